The number of hydrogen-bond acceptors (Lipinski definition) is 8. The van der Waals surface area contributed by atoms with Crippen LogP contribution in [0.2, 0.25) is 5.02 Å². The number of nitrogens with zero attached hydrogens (tertiary/aromatic N) is 3. The van der Waals surface area contributed by atoms with E-state index in [1.807, 2.05) is 0 Å². The van der Waals surface area contributed by atoms with E-state index in [9.17, 15) is 13.2 Å². The summed E-state index contributed by atoms with van der Waals surface area (Å²) in [5, 5.41) is 3.74. The first-order valence-corrected chi connectivity index (χ1v) is 11.3. The molecule has 0 saturated carbocycles. The third-order valence-electron chi connectivity index (χ3n) is 4.74. The number of fused-ring (bicyclic) bond motifs is 1. The number of anilines is 1. The monoisotopic (exact) mass is 478 g/mol. The second-order valence-electron chi connectivity index (χ2n) is 6.92. The van der Waals surface area contributed by atoms with E-state index >= 15 is 0 Å². The van der Waals surface area contributed by atoms with Crippen LogP contribution in [0.25, 0.3) is 0 Å². The van der Waals surface area contributed by atoms with Crippen molar-refractivity contribution in [2.75, 3.05) is 18.6 Å². The van der Waals surface area contributed by atoms with Crippen molar-refractivity contribution in [2.24, 2.45) is 0 Å². The molecule has 2 aromatic carbocycles. The lowest BCUT2D eigenvalue weighted by molar-refractivity contribution is -0.121. The van der Waals surface area contributed by atoms with Crippen LogP contribution < -0.4 is 19.1 Å². The van der Waals surface area contributed by atoms with E-state index in [-0.39, 0.29) is 41.3 Å². The second-order valence-corrected chi connectivity index (χ2v) is 9.06. The lowest BCUT2D eigenvalue weighted by atomic mass is 10.2. The van der Waals surface area contributed by atoms with Gasteiger partial charge < -0.3 is 14.0 Å². The number of sulfonamides is 1. The number of nitrogens with one attached hydrogen (secondary N) is 1. The molecule has 1 N–H and O–H groups in total. The SMILES string of the molecule is COc1ccc(CNS(=O)(=O)c2cc3c(cc2Cl)N(Cc2noc(C)n2)C(=O)CO3)cc1. The fraction of sp³-hybridized carbons (Fsp3) is 0.250. The average molecular weight is 479 g/mol. The number of methoxy groups -OCH3 is 1. The van der Waals surface area contributed by atoms with Crippen LogP contribution in [-0.2, 0) is 27.9 Å². The molecule has 0 radical (unpaired) electrons. The van der Waals surface area contributed by atoms with Crippen LogP contribution >= 0.6 is 11.6 Å². The molecule has 2 heterocycles. The Morgan fingerprint density at radius 1 is 1.25 bits per heavy atom. The molecule has 1 amide bonds. The number of carbonyl (C=O) groups excluding carboxylic acids is 1. The third-order valence-corrected chi connectivity index (χ3v) is 6.61. The molecule has 0 unspecified atom stereocenters. The molecule has 0 bridgehead atoms. The van der Waals surface area contributed by atoms with Gasteiger partial charge in [-0.05, 0) is 23.8 Å². The van der Waals surface area contributed by atoms with Gasteiger partial charge in [0.15, 0.2) is 12.4 Å². The van der Waals surface area contributed by atoms with Gasteiger partial charge in [0.2, 0.25) is 15.9 Å². The lowest BCUT2D eigenvalue weighted by Crippen LogP contribution is -2.38. The van der Waals surface area contributed by atoms with Crippen molar-refractivity contribution in [3.63, 3.8) is 0 Å². The molecule has 1 aliphatic rings. The zero-order valence-corrected chi connectivity index (χ0v) is 18.7. The number of carbonyl (C=O) groups is 1. The van der Waals surface area contributed by atoms with Gasteiger partial charge in [0.05, 0.1) is 24.4 Å². The number of halogens is 1. The van der Waals surface area contributed by atoms with Gasteiger partial charge in [0.25, 0.3) is 5.91 Å². The summed E-state index contributed by atoms with van der Waals surface area (Å²) in [4.78, 5) is 17.7. The number of amides is 1. The molecular weight excluding hydrogens is 460 g/mol. The zero-order chi connectivity index (χ0) is 22.9. The molecule has 4 rings (SSSR count). The predicted molar refractivity (Wildman–Crippen MR) is 114 cm³/mol. The van der Waals surface area contributed by atoms with Crippen molar-refractivity contribution in [3.8, 4) is 11.5 Å². The summed E-state index contributed by atoms with van der Waals surface area (Å²) in [6, 6.07) is 9.66. The number of benzene rings is 2. The van der Waals surface area contributed by atoms with Crippen LogP contribution in [0.1, 0.15) is 17.3 Å². The highest BCUT2D eigenvalue weighted by Gasteiger charge is 2.30. The Kier molecular flexibility index (Phi) is 6.04. The molecule has 3 aromatic rings. The Labute approximate surface area is 189 Å². The van der Waals surface area contributed by atoms with Crippen molar-refractivity contribution >= 4 is 33.2 Å². The summed E-state index contributed by atoms with van der Waals surface area (Å²) >= 11 is 6.31. The van der Waals surface area contributed by atoms with E-state index < -0.39 is 10.0 Å². The van der Waals surface area contributed by atoms with Gasteiger partial charge in [0, 0.05) is 19.5 Å². The van der Waals surface area contributed by atoms with Crippen molar-refractivity contribution in [1.29, 1.82) is 0 Å². The summed E-state index contributed by atoms with van der Waals surface area (Å²) in [6.45, 7) is 1.47. The number of aromatic nitrogens is 2. The van der Waals surface area contributed by atoms with Crippen LogP contribution in [0, 0.1) is 6.92 Å². The Morgan fingerprint density at radius 2 is 2.00 bits per heavy atom. The zero-order valence-electron chi connectivity index (χ0n) is 17.2. The summed E-state index contributed by atoms with van der Waals surface area (Å²) < 4.78 is 43.8. The van der Waals surface area contributed by atoms with Crippen LogP contribution in [-0.4, -0.2) is 38.2 Å². The maximum absolute atomic E-state index is 12.9. The Morgan fingerprint density at radius 3 is 2.66 bits per heavy atom. The minimum absolute atomic E-state index is 0.0324. The van der Waals surface area contributed by atoms with Gasteiger partial charge in [0.1, 0.15) is 16.4 Å². The minimum atomic E-state index is -3.96. The van der Waals surface area contributed by atoms with Gasteiger partial charge in [-0.15, -0.1) is 0 Å². The number of hydrogen-bond donors (Lipinski definition) is 1. The normalized spacial score (nSPS) is 13.6. The highest BCUT2D eigenvalue weighted by atomic mass is 35.5. The second kappa shape index (κ2) is 8.77. The number of aryl methyl sites for hydroxylation is 1. The smallest absolute Gasteiger partial charge is 0.265 e. The van der Waals surface area contributed by atoms with Gasteiger partial charge in [-0.2, -0.15) is 4.98 Å². The van der Waals surface area contributed by atoms with Crippen LogP contribution in [0.3, 0.4) is 0 Å². The van der Waals surface area contributed by atoms with Crippen LogP contribution in [0.15, 0.2) is 45.8 Å². The van der Waals surface area contributed by atoms with Crippen molar-refractivity contribution in [1.82, 2.24) is 14.9 Å². The summed E-state index contributed by atoms with van der Waals surface area (Å²) in [5.74, 6) is 1.20. The first kappa shape index (κ1) is 22.1. The molecule has 32 heavy (non-hydrogen) atoms. The number of rotatable bonds is 7. The van der Waals surface area contributed by atoms with Gasteiger partial charge in [-0.1, -0.05) is 28.9 Å². The minimum Gasteiger partial charge on any atom is -0.497 e. The lowest BCUT2D eigenvalue weighted by Gasteiger charge is -2.29. The molecule has 0 spiro atoms. The Hall–Kier alpha value is -3.15. The van der Waals surface area contributed by atoms with Crippen LogP contribution in [0.5, 0.6) is 11.5 Å². The summed E-state index contributed by atoms with van der Waals surface area (Å²) in [6.07, 6.45) is 0. The van der Waals surface area contributed by atoms with Crippen LogP contribution in [0.4, 0.5) is 5.69 Å². The fourth-order valence-electron chi connectivity index (χ4n) is 3.13. The molecule has 1 aromatic heterocycles. The van der Waals surface area contributed by atoms with Crippen molar-refractivity contribution < 1.29 is 27.2 Å². The van der Waals surface area contributed by atoms with E-state index in [4.69, 9.17) is 25.6 Å². The maximum Gasteiger partial charge on any atom is 0.265 e. The Bertz CT molecular complexity index is 1260. The van der Waals surface area contributed by atoms with E-state index in [0.29, 0.717) is 23.2 Å². The Balaban J connectivity index is 1.58. The molecule has 10 nitrogen and oxygen atoms in total. The van der Waals surface area contributed by atoms with Gasteiger partial charge in [-0.3, -0.25) is 9.69 Å². The van der Waals surface area contributed by atoms with E-state index in [0.717, 1.165) is 5.56 Å². The molecule has 12 heteroatoms. The highest BCUT2D eigenvalue weighted by molar-refractivity contribution is 7.89. The van der Waals surface area contributed by atoms with E-state index in [1.54, 1.807) is 38.3 Å². The van der Waals surface area contributed by atoms with E-state index in [2.05, 4.69) is 14.9 Å². The maximum atomic E-state index is 12.9. The van der Waals surface area contributed by atoms with Crippen molar-refractivity contribution in [2.45, 2.75) is 24.9 Å². The molecule has 0 atom stereocenters. The van der Waals surface area contributed by atoms with E-state index in [1.165, 1.54) is 17.0 Å². The first-order valence-electron chi connectivity index (χ1n) is 9.45. The third kappa shape index (κ3) is 4.54. The van der Waals surface area contributed by atoms with Gasteiger partial charge >= 0.3 is 0 Å². The molecule has 0 fully saturated rings. The molecular formula is C20H19ClN4O6S. The van der Waals surface area contributed by atoms with Crippen molar-refractivity contribution in [3.05, 3.63) is 58.7 Å². The molecule has 0 saturated heterocycles. The average Bonchev–Trinajstić information content (AvgIpc) is 3.19. The fourth-order valence-corrected chi connectivity index (χ4v) is 4.68. The summed E-state index contributed by atoms with van der Waals surface area (Å²) in [5.41, 5.74) is 1.06. The molecule has 1 aliphatic heterocycles. The predicted octanol–water partition coefficient (Wildman–Crippen LogP) is 2.44. The largest absolute Gasteiger partial charge is 0.497 e. The number of ether oxygens (including phenoxy) is 2. The highest BCUT2D eigenvalue weighted by Crippen LogP contribution is 2.39. The quantitative estimate of drug-likeness (QED) is 0.549. The molecule has 168 valence electrons. The van der Waals surface area contributed by atoms with Gasteiger partial charge in [-0.25, -0.2) is 13.1 Å². The molecule has 0 aliphatic carbocycles. The standard InChI is InChI=1S/C20H19ClN4O6S/c1-12-23-19(24-31-12)10-25-16-7-15(21)18(8-17(16)30-11-20(25)26)32(27,28)22-9-13-3-5-14(29-2)6-4-13/h3-8,22H,9-11H2,1-2H3. The topological polar surface area (TPSA) is 124 Å². The summed E-state index contributed by atoms with van der Waals surface area (Å²) in [7, 11) is -2.41. The first-order chi connectivity index (χ1) is 15.3.